The van der Waals surface area contributed by atoms with E-state index >= 15 is 0 Å². The molecule has 0 aliphatic carbocycles. The minimum Gasteiger partial charge on any atom is -0.337 e. The molecule has 1 N–H and O–H groups in total. The first-order valence-electron chi connectivity index (χ1n) is 6.20. The highest BCUT2D eigenvalue weighted by Gasteiger charge is 2.11. The molecule has 102 valence electrons. The van der Waals surface area contributed by atoms with E-state index in [1.807, 2.05) is 24.3 Å². The summed E-state index contributed by atoms with van der Waals surface area (Å²) in [5.41, 5.74) is 1.25. The van der Waals surface area contributed by atoms with E-state index in [0.29, 0.717) is 11.4 Å². The van der Waals surface area contributed by atoms with Gasteiger partial charge in [0.05, 0.1) is 21.8 Å². The van der Waals surface area contributed by atoms with E-state index < -0.39 is 5.82 Å². The summed E-state index contributed by atoms with van der Waals surface area (Å²) in [7, 11) is 0. The van der Waals surface area contributed by atoms with Gasteiger partial charge in [-0.15, -0.1) is 0 Å². The first-order valence-corrected chi connectivity index (χ1v) is 6.58. The number of para-hydroxylation sites is 1. The second-order valence-corrected chi connectivity index (χ2v) is 4.82. The van der Waals surface area contributed by atoms with Crippen LogP contribution in [0, 0.1) is 17.1 Å². The van der Waals surface area contributed by atoms with Gasteiger partial charge in [-0.05, 0) is 24.3 Å². The van der Waals surface area contributed by atoms with E-state index in [1.54, 1.807) is 18.2 Å². The van der Waals surface area contributed by atoms with Crippen molar-refractivity contribution < 1.29 is 4.39 Å². The van der Waals surface area contributed by atoms with Crippen molar-refractivity contribution in [3.63, 3.8) is 0 Å². The zero-order chi connectivity index (χ0) is 14.8. The average Bonchev–Trinajstić information content (AvgIpc) is 2.51. The lowest BCUT2D eigenvalue weighted by atomic mass is 10.1. The van der Waals surface area contributed by atoms with Crippen LogP contribution in [-0.4, -0.2) is 4.98 Å². The van der Waals surface area contributed by atoms with Crippen molar-refractivity contribution in [2.24, 2.45) is 0 Å². The quantitative estimate of drug-likeness (QED) is 0.749. The lowest BCUT2D eigenvalue weighted by Crippen LogP contribution is -2.00. The molecule has 5 heteroatoms. The van der Waals surface area contributed by atoms with Crippen molar-refractivity contribution >= 4 is 34.0 Å². The largest absolute Gasteiger partial charge is 0.337 e. The minimum atomic E-state index is -0.571. The van der Waals surface area contributed by atoms with Gasteiger partial charge in [-0.1, -0.05) is 35.9 Å². The monoisotopic (exact) mass is 297 g/mol. The molecule has 0 saturated heterocycles. The second-order valence-electron chi connectivity index (χ2n) is 4.42. The highest BCUT2D eigenvalue weighted by molar-refractivity contribution is 6.31. The normalized spacial score (nSPS) is 10.3. The summed E-state index contributed by atoms with van der Waals surface area (Å²) in [6.07, 6.45) is 0. The Bertz CT molecular complexity index is 871. The van der Waals surface area contributed by atoms with Gasteiger partial charge in [0, 0.05) is 5.39 Å². The molecule has 0 bridgehead atoms. The Hall–Kier alpha value is -2.64. The SMILES string of the molecule is N#Cc1cc2ccccc2nc1Nc1cccc(Cl)c1F. The van der Waals surface area contributed by atoms with Crippen molar-refractivity contribution in [3.8, 4) is 6.07 Å². The molecular formula is C16H9ClFN3. The molecule has 0 amide bonds. The molecule has 3 nitrogen and oxygen atoms in total. The Morgan fingerprint density at radius 2 is 1.95 bits per heavy atom. The van der Waals surface area contributed by atoms with Crippen LogP contribution in [0.4, 0.5) is 15.9 Å². The van der Waals surface area contributed by atoms with Crippen LogP contribution in [0.3, 0.4) is 0 Å². The molecule has 1 aromatic heterocycles. The van der Waals surface area contributed by atoms with E-state index in [9.17, 15) is 9.65 Å². The molecule has 2 aromatic carbocycles. The number of nitriles is 1. The maximum atomic E-state index is 13.9. The summed E-state index contributed by atoms with van der Waals surface area (Å²) >= 11 is 5.75. The molecule has 0 fully saturated rings. The molecule has 3 aromatic rings. The Morgan fingerprint density at radius 3 is 2.76 bits per heavy atom. The van der Waals surface area contributed by atoms with E-state index in [4.69, 9.17) is 11.6 Å². The van der Waals surface area contributed by atoms with Gasteiger partial charge in [-0.2, -0.15) is 5.26 Å². The van der Waals surface area contributed by atoms with Gasteiger partial charge in [0.15, 0.2) is 5.82 Å². The third-order valence-electron chi connectivity index (χ3n) is 3.05. The molecule has 0 radical (unpaired) electrons. The van der Waals surface area contributed by atoms with Gasteiger partial charge >= 0.3 is 0 Å². The molecule has 0 saturated carbocycles. The highest BCUT2D eigenvalue weighted by atomic mass is 35.5. The number of hydrogen-bond donors (Lipinski definition) is 1. The summed E-state index contributed by atoms with van der Waals surface area (Å²) in [5.74, 6) is -0.268. The van der Waals surface area contributed by atoms with Gasteiger partial charge in [0.2, 0.25) is 0 Å². The van der Waals surface area contributed by atoms with Crippen LogP contribution < -0.4 is 5.32 Å². The topological polar surface area (TPSA) is 48.7 Å². The van der Waals surface area contributed by atoms with Crippen LogP contribution in [0.25, 0.3) is 10.9 Å². The second kappa shape index (κ2) is 5.39. The van der Waals surface area contributed by atoms with Crippen molar-refractivity contribution in [1.29, 1.82) is 5.26 Å². The van der Waals surface area contributed by atoms with Crippen LogP contribution in [0.5, 0.6) is 0 Å². The molecule has 1 heterocycles. The number of benzene rings is 2. The van der Waals surface area contributed by atoms with E-state index in [0.717, 1.165) is 10.9 Å². The maximum absolute atomic E-state index is 13.9. The summed E-state index contributed by atoms with van der Waals surface area (Å²) < 4.78 is 13.9. The third kappa shape index (κ3) is 2.51. The number of anilines is 2. The fraction of sp³-hybridized carbons (Fsp3) is 0. The summed E-state index contributed by atoms with van der Waals surface area (Å²) in [6.45, 7) is 0. The number of pyridine rings is 1. The molecular weight excluding hydrogens is 289 g/mol. The number of nitrogens with zero attached hydrogens (tertiary/aromatic N) is 2. The number of halogens is 2. The first-order chi connectivity index (χ1) is 10.2. The van der Waals surface area contributed by atoms with Crippen LogP contribution in [0.1, 0.15) is 5.56 Å². The van der Waals surface area contributed by atoms with E-state index in [2.05, 4.69) is 16.4 Å². The van der Waals surface area contributed by atoms with Crippen LogP contribution in [0.15, 0.2) is 48.5 Å². The molecule has 3 rings (SSSR count). The van der Waals surface area contributed by atoms with Crippen LogP contribution in [-0.2, 0) is 0 Å². The van der Waals surface area contributed by atoms with Crippen molar-refractivity contribution in [1.82, 2.24) is 4.98 Å². The number of hydrogen-bond acceptors (Lipinski definition) is 3. The molecule has 0 aliphatic heterocycles. The van der Waals surface area contributed by atoms with Gasteiger partial charge in [0.1, 0.15) is 11.9 Å². The van der Waals surface area contributed by atoms with Gasteiger partial charge < -0.3 is 5.32 Å². The number of rotatable bonds is 2. The zero-order valence-electron chi connectivity index (χ0n) is 10.8. The zero-order valence-corrected chi connectivity index (χ0v) is 11.5. The van der Waals surface area contributed by atoms with Crippen molar-refractivity contribution in [3.05, 3.63) is 64.9 Å². The average molecular weight is 298 g/mol. The Morgan fingerprint density at radius 1 is 1.14 bits per heavy atom. The number of fused-ring (bicyclic) bond motifs is 1. The summed E-state index contributed by atoms with van der Waals surface area (Å²) in [4.78, 5) is 4.37. The smallest absolute Gasteiger partial charge is 0.165 e. The minimum absolute atomic E-state index is 0.0132. The highest BCUT2D eigenvalue weighted by Crippen LogP contribution is 2.27. The molecule has 21 heavy (non-hydrogen) atoms. The predicted octanol–water partition coefficient (Wildman–Crippen LogP) is 4.64. The fourth-order valence-corrected chi connectivity index (χ4v) is 2.20. The van der Waals surface area contributed by atoms with Crippen LogP contribution >= 0.6 is 11.6 Å². The molecule has 0 atom stereocenters. The Kier molecular flexibility index (Phi) is 3.43. The third-order valence-corrected chi connectivity index (χ3v) is 3.34. The molecule has 0 unspecified atom stereocenters. The van der Waals surface area contributed by atoms with Crippen molar-refractivity contribution in [2.45, 2.75) is 0 Å². The summed E-state index contributed by atoms with van der Waals surface area (Å²) in [6, 6.07) is 15.8. The van der Waals surface area contributed by atoms with Crippen LogP contribution in [0.2, 0.25) is 5.02 Å². The number of nitrogens with one attached hydrogen (secondary N) is 1. The van der Waals surface area contributed by atoms with Gasteiger partial charge in [0.25, 0.3) is 0 Å². The first kappa shape index (κ1) is 13.3. The molecule has 0 spiro atoms. The fourth-order valence-electron chi connectivity index (χ4n) is 2.02. The van der Waals surface area contributed by atoms with Crippen molar-refractivity contribution in [2.75, 3.05) is 5.32 Å². The standard InChI is InChI=1S/C16H9ClFN3/c17-12-5-3-7-14(15(12)18)21-16-11(9-19)8-10-4-1-2-6-13(10)20-16/h1-8H,(H,20,21). The maximum Gasteiger partial charge on any atom is 0.165 e. The van der Waals surface area contributed by atoms with Gasteiger partial charge in [-0.3, -0.25) is 0 Å². The Balaban J connectivity index is 2.11. The predicted molar refractivity (Wildman–Crippen MR) is 81.2 cm³/mol. The van der Waals surface area contributed by atoms with Gasteiger partial charge in [-0.25, -0.2) is 9.37 Å². The lowest BCUT2D eigenvalue weighted by molar-refractivity contribution is 0.632. The van der Waals surface area contributed by atoms with E-state index in [-0.39, 0.29) is 10.7 Å². The van der Waals surface area contributed by atoms with E-state index in [1.165, 1.54) is 6.07 Å². The molecule has 0 aliphatic rings. The number of aromatic nitrogens is 1. The lowest BCUT2D eigenvalue weighted by Gasteiger charge is -2.10. The summed E-state index contributed by atoms with van der Waals surface area (Å²) in [5, 5.41) is 12.9. The Labute approximate surface area is 125 Å².